The molecule has 2 aromatic rings. The molecule has 0 saturated carbocycles. The Morgan fingerprint density at radius 1 is 1.17 bits per heavy atom. The van der Waals surface area contributed by atoms with Crippen LogP contribution in [0.3, 0.4) is 0 Å². The minimum absolute atomic E-state index is 0.108. The number of hydrogen-bond acceptors (Lipinski definition) is 6. The summed E-state index contributed by atoms with van der Waals surface area (Å²) in [6.07, 6.45) is -0.699. The number of rotatable bonds is 5. The van der Waals surface area contributed by atoms with Crippen LogP contribution in [0.5, 0.6) is 11.6 Å². The Hall–Kier alpha value is -2.27. The Balaban J connectivity index is 2.38. The molecule has 10 heteroatoms. The first kappa shape index (κ1) is 24.0. The lowest BCUT2D eigenvalue weighted by atomic mass is 10.1. The fraction of sp³-hybridized carbons (Fsp3) is 0.400. The second-order valence-corrected chi connectivity index (χ2v) is 8.82. The van der Waals surface area contributed by atoms with Gasteiger partial charge in [-0.05, 0) is 44.4 Å². The fourth-order valence-corrected chi connectivity index (χ4v) is 3.24. The molecule has 0 bridgehead atoms. The van der Waals surface area contributed by atoms with Gasteiger partial charge in [0.15, 0.2) is 10.9 Å². The first-order chi connectivity index (χ1) is 13.9. The predicted molar refractivity (Wildman–Crippen MR) is 117 cm³/mol. The van der Waals surface area contributed by atoms with Gasteiger partial charge in [0.25, 0.3) is 0 Å². The van der Waals surface area contributed by atoms with Crippen molar-refractivity contribution in [3.63, 3.8) is 0 Å². The maximum absolute atomic E-state index is 12.5. The lowest BCUT2D eigenvalue weighted by Gasteiger charge is -2.26. The van der Waals surface area contributed by atoms with Crippen LogP contribution in [0, 0.1) is 11.3 Å². The molecular weight excluding hydrogens is 451 g/mol. The normalized spacial score (nSPS) is 11.2. The standard InChI is InChI=1S/C20H21Cl3N4O3/c1-11(2)13-10-16(25-26-18(13)23)29-17-14(21)8-12(9-15(17)22)27(7-6-24)19(28)30-20(3,4)5/h8-11H,7H2,1-5H3. The smallest absolute Gasteiger partial charge is 0.415 e. The number of aromatic nitrogens is 2. The Bertz CT molecular complexity index is 961. The second kappa shape index (κ2) is 9.69. The third-order valence-corrected chi connectivity index (χ3v) is 4.57. The van der Waals surface area contributed by atoms with Crippen LogP contribution in [0.2, 0.25) is 15.2 Å². The summed E-state index contributed by atoms with van der Waals surface area (Å²) in [5, 5.41) is 17.4. The van der Waals surface area contributed by atoms with Crippen LogP contribution in [-0.2, 0) is 4.74 Å². The molecule has 1 aromatic heterocycles. The van der Waals surface area contributed by atoms with Gasteiger partial charge in [-0.1, -0.05) is 48.7 Å². The van der Waals surface area contributed by atoms with Crippen molar-refractivity contribution in [1.29, 1.82) is 5.26 Å². The predicted octanol–water partition coefficient (Wildman–Crippen LogP) is 6.62. The molecule has 0 aliphatic carbocycles. The zero-order valence-corrected chi connectivity index (χ0v) is 19.4. The molecule has 0 saturated heterocycles. The molecule has 7 nitrogen and oxygen atoms in total. The molecule has 0 N–H and O–H groups in total. The average molecular weight is 472 g/mol. The minimum atomic E-state index is -0.733. The van der Waals surface area contributed by atoms with Crippen LogP contribution in [0.1, 0.15) is 46.1 Å². The van der Waals surface area contributed by atoms with Crippen LogP contribution in [-0.4, -0.2) is 28.4 Å². The molecule has 0 unspecified atom stereocenters. The molecule has 0 fully saturated rings. The van der Waals surface area contributed by atoms with Gasteiger partial charge in [0, 0.05) is 6.07 Å². The zero-order chi connectivity index (χ0) is 22.6. The molecule has 0 aliphatic rings. The molecule has 1 aromatic carbocycles. The summed E-state index contributed by atoms with van der Waals surface area (Å²) in [7, 11) is 0. The number of amides is 1. The second-order valence-electron chi connectivity index (χ2n) is 7.65. The van der Waals surface area contributed by atoms with Crippen molar-refractivity contribution >= 4 is 46.6 Å². The van der Waals surface area contributed by atoms with Crippen molar-refractivity contribution in [2.75, 3.05) is 11.4 Å². The highest BCUT2D eigenvalue weighted by atomic mass is 35.5. The Kier molecular flexibility index (Phi) is 7.75. The van der Waals surface area contributed by atoms with E-state index in [9.17, 15) is 4.79 Å². The lowest BCUT2D eigenvalue weighted by molar-refractivity contribution is 0.0585. The molecular formula is C20H21Cl3N4O3. The van der Waals surface area contributed by atoms with Crippen molar-refractivity contribution < 1.29 is 14.3 Å². The molecule has 1 heterocycles. The molecule has 2 rings (SSSR count). The van der Waals surface area contributed by atoms with Gasteiger partial charge in [0.1, 0.15) is 12.1 Å². The van der Waals surface area contributed by atoms with Gasteiger partial charge in [-0.3, -0.25) is 4.90 Å². The summed E-state index contributed by atoms with van der Waals surface area (Å²) < 4.78 is 11.1. The number of nitrogens with zero attached hydrogens (tertiary/aromatic N) is 4. The number of ether oxygens (including phenoxy) is 2. The minimum Gasteiger partial charge on any atom is -0.443 e. The molecule has 30 heavy (non-hydrogen) atoms. The van der Waals surface area contributed by atoms with E-state index in [-0.39, 0.29) is 39.3 Å². The van der Waals surface area contributed by atoms with E-state index in [4.69, 9.17) is 49.5 Å². The number of hydrogen-bond donors (Lipinski definition) is 0. The number of carbonyl (C=O) groups is 1. The first-order valence-electron chi connectivity index (χ1n) is 9.00. The first-order valence-corrected chi connectivity index (χ1v) is 10.1. The van der Waals surface area contributed by atoms with E-state index in [2.05, 4.69) is 10.2 Å². The zero-order valence-electron chi connectivity index (χ0n) is 17.2. The highest BCUT2D eigenvalue weighted by molar-refractivity contribution is 6.37. The number of benzene rings is 1. The lowest BCUT2D eigenvalue weighted by Crippen LogP contribution is -2.37. The van der Waals surface area contributed by atoms with Gasteiger partial charge in [-0.15, -0.1) is 10.2 Å². The topological polar surface area (TPSA) is 88.3 Å². The Morgan fingerprint density at radius 3 is 2.27 bits per heavy atom. The number of carbonyl (C=O) groups excluding carboxylic acids is 1. The number of anilines is 1. The Morgan fingerprint density at radius 2 is 1.77 bits per heavy atom. The summed E-state index contributed by atoms with van der Waals surface area (Å²) in [6.45, 7) is 8.85. The molecule has 0 atom stereocenters. The van der Waals surface area contributed by atoms with Crippen molar-refractivity contribution in [1.82, 2.24) is 10.2 Å². The van der Waals surface area contributed by atoms with Gasteiger partial charge in [0.05, 0.1) is 21.8 Å². The highest BCUT2D eigenvalue weighted by Gasteiger charge is 2.25. The van der Waals surface area contributed by atoms with Crippen LogP contribution >= 0.6 is 34.8 Å². The maximum Gasteiger partial charge on any atom is 0.415 e. The highest BCUT2D eigenvalue weighted by Crippen LogP contribution is 2.40. The summed E-state index contributed by atoms with van der Waals surface area (Å²) >= 11 is 18.8. The third-order valence-electron chi connectivity index (χ3n) is 3.72. The SMILES string of the molecule is CC(C)c1cc(Oc2c(Cl)cc(N(CC#N)C(=O)OC(C)(C)C)cc2Cl)nnc1Cl. The van der Waals surface area contributed by atoms with Gasteiger partial charge < -0.3 is 9.47 Å². The maximum atomic E-state index is 12.5. The van der Waals surface area contributed by atoms with E-state index in [0.29, 0.717) is 5.69 Å². The summed E-state index contributed by atoms with van der Waals surface area (Å²) in [6, 6.07) is 6.49. The summed E-state index contributed by atoms with van der Waals surface area (Å²) in [5.41, 5.74) is 0.317. The summed E-state index contributed by atoms with van der Waals surface area (Å²) in [5.74, 6) is 0.409. The van der Waals surface area contributed by atoms with Crippen molar-refractivity contribution in [3.8, 4) is 17.7 Å². The number of halogens is 3. The third kappa shape index (κ3) is 6.11. The molecule has 0 aliphatic heterocycles. The van der Waals surface area contributed by atoms with Crippen LogP contribution in [0.15, 0.2) is 18.2 Å². The molecule has 0 radical (unpaired) electrons. The van der Waals surface area contributed by atoms with E-state index < -0.39 is 11.7 Å². The number of nitriles is 1. The van der Waals surface area contributed by atoms with Crippen molar-refractivity contribution in [3.05, 3.63) is 39.0 Å². The molecule has 160 valence electrons. The Labute approximate surface area is 190 Å². The monoisotopic (exact) mass is 470 g/mol. The van der Waals surface area contributed by atoms with Crippen molar-refractivity contribution in [2.24, 2.45) is 0 Å². The largest absolute Gasteiger partial charge is 0.443 e. The van der Waals surface area contributed by atoms with Crippen LogP contribution < -0.4 is 9.64 Å². The molecule has 1 amide bonds. The van der Waals surface area contributed by atoms with E-state index in [1.165, 1.54) is 12.1 Å². The van der Waals surface area contributed by atoms with Crippen molar-refractivity contribution in [2.45, 2.75) is 46.1 Å². The molecule has 0 spiro atoms. The van der Waals surface area contributed by atoms with E-state index >= 15 is 0 Å². The van der Waals surface area contributed by atoms with E-state index in [1.54, 1.807) is 26.8 Å². The van der Waals surface area contributed by atoms with E-state index in [1.807, 2.05) is 19.9 Å². The van der Waals surface area contributed by atoms with Crippen LogP contribution in [0.25, 0.3) is 0 Å². The van der Waals surface area contributed by atoms with Gasteiger partial charge in [0.2, 0.25) is 5.88 Å². The fourth-order valence-electron chi connectivity index (χ4n) is 2.38. The van der Waals surface area contributed by atoms with Gasteiger partial charge in [-0.25, -0.2) is 4.79 Å². The van der Waals surface area contributed by atoms with Gasteiger partial charge in [-0.2, -0.15) is 5.26 Å². The summed E-state index contributed by atoms with van der Waals surface area (Å²) in [4.78, 5) is 13.6. The van der Waals surface area contributed by atoms with Crippen LogP contribution in [0.4, 0.5) is 10.5 Å². The van der Waals surface area contributed by atoms with Gasteiger partial charge >= 0.3 is 6.09 Å². The van der Waals surface area contributed by atoms with E-state index in [0.717, 1.165) is 10.5 Å². The quantitative estimate of drug-likeness (QED) is 0.455. The average Bonchev–Trinajstić information content (AvgIpc) is 2.62.